The number of pyridine rings is 1. The van der Waals surface area contributed by atoms with Crippen LogP contribution in [0.2, 0.25) is 5.02 Å². The minimum Gasteiger partial charge on any atom is -0.450 e. The summed E-state index contributed by atoms with van der Waals surface area (Å²) in [7, 11) is 0. The van der Waals surface area contributed by atoms with Crippen LogP contribution in [0, 0.1) is 12.7 Å². The van der Waals surface area contributed by atoms with Crippen LogP contribution in [0.3, 0.4) is 0 Å². The minimum absolute atomic E-state index is 0.0504. The van der Waals surface area contributed by atoms with Crippen molar-refractivity contribution in [2.75, 3.05) is 0 Å². The average molecular weight is 322 g/mol. The zero-order valence-electron chi connectivity index (χ0n) is 11.8. The van der Waals surface area contributed by atoms with Crippen molar-refractivity contribution in [3.63, 3.8) is 0 Å². The molecule has 0 saturated heterocycles. The number of carbonyl (C=O) groups is 1. The lowest BCUT2D eigenvalue weighted by molar-refractivity contribution is 0.0212. The molecule has 1 fully saturated rings. The van der Waals surface area contributed by atoms with E-state index in [1.807, 2.05) is 0 Å². The van der Waals surface area contributed by atoms with E-state index >= 15 is 0 Å². The Balaban J connectivity index is 1.91. The van der Waals surface area contributed by atoms with Gasteiger partial charge in [-0.25, -0.2) is 9.18 Å². The molecule has 1 aliphatic carbocycles. The maximum Gasteiger partial charge on any atom is 0.344 e. The summed E-state index contributed by atoms with van der Waals surface area (Å²) in [4.78, 5) is 26.6. The second kappa shape index (κ2) is 5.25. The number of H-pyrrole nitrogens is 1. The van der Waals surface area contributed by atoms with Gasteiger partial charge in [-0.3, -0.25) is 4.79 Å². The van der Waals surface area contributed by atoms with Crippen LogP contribution >= 0.6 is 11.6 Å². The average Bonchev–Trinajstić information content (AvgIpc) is 3.22. The Morgan fingerprint density at radius 3 is 2.68 bits per heavy atom. The van der Waals surface area contributed by atoms with Crippen molar-refractivity contribution in [2.45, 2.75) is 25.4 Å². The molecule has 2 aromatic rings. The predicted molar refractivity (Wildman–Crippen MR) is 79.5 cm³/mol. The zero-order valence-corrected chi connectivity index (χ0v) is 12.5. The standard InChI is InChI=1S/C16H13ClFNO3/c1-9-5-6-10(14(20)19-9)15(21)22-16(7-8-16)11-3-2-4-12(18)13(11)17/h2-6H,7-8H2,1H3,(H,19,20). The molecule has 6 heteroatoms. The summed E-state index contributed by atoms with van der Waals surface area (Å²) in [5, 5.41) is -0.0504. The molecule has 0 atom stereocenters. The quantitative estimate of drug-likeness (QED) is 0.882. The molecule has 114 valence electrons. The number of benzene rings is 1. The first-order chi connectivity index (χ1) is 10.4. The van der Waals surface area contributed by atoms with Gasteiger partial charge < -0.3 is 9.72 Å². The van der Waals surface area contributed by atoms with Crippen molar-refractivity contribution in [2.24, 2.45) is 0 Å². The molecule has 3 rings (SSSR count). The van der Waals surface area contributed by atoms with Crippen molar-refractivity contribution in [1.29, 1.82) is 0 Å². The third kappa shape index (κ3) is 2.52. The monoisotopic (exact) mass is 321 g/mol. The molecule has 1 aliphatic rings. The number of hydrogen-bond acceptors (Lipinski definition) is 3. The van der Waals surface area contributed by atoms with Gasteiger partial charge in [0.25, 0.3) is 5.56 Å². The van der Waals surface area contributed by atoms with E-state index in [1.165, 1.54) is 18.2 Å². The van der Waals surface area contributed by atoms with Crippen molar-refractivity contribution in [3.8, 4) is 0 Å². The van der Waals surface area contributed by atoms with Crippen molar-refractivity contribution in [1.82, 2.24) is 4.98 Å². The number of halogens is 2. The Labute approximate surface area is 130 Å². The Morgan fingerprint density at radius 1 is 1.32 bits per heavy atom. The first-order valence-corrected chi connectivity index (χ1v) is 7.18. The lowest BCUT2D eigenvalue weighted by atomic mass is 10.1. The molecule has 1 saturated carbocycles. The summed E-state index contributed by atoms with van der Waals surface area (Å²) < 4.78 is 19.0. The topological polar surface area (TPSA) is 59.2 Å². The third-order valence-corrected chi connectivity index (χ3v) is 4.09. The lowest BCUT2D eigenvalue weighted by Gasteiger charge is -2.18. The first kappa shape index (κ1) is 14.8. The summed E-state index contributed by atoms with van der Waals surface area (Å²) >= 11 is 5.97. The minimum atomic E-state index is -0.937. The van der Waals surface area contributed by atoms with Gasteiger partial charge in [-0.05, 0) is 38.0 Å². The van der Waals surface area contributed by atoms with Gasteiger partial charge in [-0.2, -0.15) is 0 Å². The number of aryl methyl sites for hydroxylation is 1. The lowest BCUT2D eigenvalue weighted by Crippen LogP contribution is -2.25. The molecule has 0 aliphatic heterocycles. The van der Waals surface area contributed by atoms with E-state index in [4.69, 9.17) is 16.3 Å². The van der Waals surface area contributed by atoms with E-state index in [1.54, 1.807) is 19.1 Å². The number of nitrogens with one attached hydrogen (secondary N) is 1. The SMILES string of the molecule is Cc1ccc(C(=O)OC2(c3cccc(F)c3Cl)CC2)c(=O)[nH]1. The molecular weight excluding hydrogens is 309 g/mol. The van der Waals surface area contributed by atoms with Gasteiger partial charge in [0.05, 0.1) is 5.02 Å². The highest BCUT2D eigenvalue weighted by molar-refractivity contribution is 6.31. The van der Waals surface area contributed by atoms with E-state index in [0.29, 0.717) is 24.1 Å². The van der Waals surface area contributed by atoms with Gasteiger partial charge in [-0.1, -0.05) is 23.7 Å². The fourth-order valence-electron chi connectivity index (χ4n) is 2.36. The zero-order chi connectivity index (χ0) is 15.9. The number of aromatic nitrogens is 1. The Bertz CT molecular complexity index is 811. The number of esters is 1. The highest BCUT2D eigenvalue weighted by atomic mass is 35.5. The molecule has 0 bridgehead atoms. The molecule has 1 heterocycles. The van der Waals surface area contributed by atoms with Gasteiger partial charge in [0, 0.05) is 11.3 Å². The van der Waals surface area contributed by atoms with Crippen LogP contribution in [-0.2, 0) is 10.3 Å². The van der Waals surface area contributed by atoms with Crippen LogP contribution < -0.4 is 5.56 Å². The normalized spacial score (nSPS) is 15.4. The first-order valence-electron chi connectivity index (χ1n) is 6.81. The van der Waals surface area contributed by atoms with Crippen LogP contribution in [0.5, 0.6) is 0 Å². The van der Waals surface area contributed by atoms with Crippen molar-refractivity contribution in [3.05, 3.63) is 68.3 Å². The van der Waals surface area contributed by atoms with Crippen LogP contribution in [-0.4, -0.2) is 11.0 Å². The highest BCUT2D eigenvalue weighted by Gasteiger charge is 2.50. The molecule has 1 aromatic heterocycles. The third-order valence-electron chi connectivity index (χ3n) is 3.71. The number of aromatic amines is 1. The molecule has 0 unspecified atom stereocenters. The second-order valence-electron chi connectivity index (χ2n) is 5.37. The van der Waals surface area contributed by atoms with Crippen molar-refractivity contribution < 1.29 is 13.9 Å². The smallest absolute Gasteiger partial charge is 0.344 e. The van der Waals surface area contributed by atoms with E-state index < -0.39 is 22.9 Å². The van der Waals surface area contributed by atoms with E-state index in [9.17, 15) is 14.0 Å². The summed E-state index contributed by atoms with van der Waals surface area (Å²) in [5.41, 5.74) is -0.439. The number of hydrogen-bond donors (Lipinski definition) is 1. The number of carbonyl (C=O) groups excluding carboxylic acids is 1. The summed E-state index contributed by atoms with van der Waals surface area (Å²) in [5.74, 6) is -1.30. The van der Waals surface area contributed by atoms with Gasteiger partial charge in [-0.15, -0.1) is 0 Å². The van der Waals surface area contributed by atoms with Gasteiger partial charge in [0.2, 0.25) is 0 Å². The maximum atomic E-state index is 13.6. The fraction of sp³-hybridized carbons (Fsp3) is 0.250. The molecule has 0 spiro atoms. The second-order valence-corrected chi connectivity index (χ2v) is 5.75. The van der Waals surface area contributed by atoms with E-state index in [0.717, 1.165) is 0 Å². The largest absolute Gasteiger partial charge is 0.450 e. The number of rotatable bonds is 3. The van der Waals surface area contributed by atoms with Gasteiger partial charge >= 0.3 is 5.97 Å². The summed E-state index contributed by atoms with van der Waals surface area (Å²) in [6.07, 6.45) is 1.09. The van der Waals surface area contributed by atoms with Crippen LogP contribution in [0.1, 0.15) is 34.5 Å². The Morgan fingerprint density at radius 2 is 2.05 bits per heavy atom. The summed E-state index contributed by atoms with van der Waals surface area (Å²) in [6.45, 7) is 1.71. The molecule has 4 nitrogen and oxygen atoms in total. The van der Waals surface area contributed by atoms with Crippen LogP contribution in [0.25, 0.3) is 0 Å². The molecule has 1 N–H and O–H groups in total. The van der Waals surface area contributed by atoms with Gasteiger partial charge in [0.1, 0.15) is 17.0 Å². The molecule has 22 heavy (non-hydrogen) atoms. The summed E-state index contributed by atoms with van der Waals surface area (Å²) in [6, 6.07) is 7.43. The fourth-order valence-corrected chi connectivity index (χ4v) is 2.66. The molecule has 0 amide bonds. The molecule has 0 radical (unpaired) electrons. The predicted octanol–water partition coefficient (Wildman–Crippen LogP) is 3.32. The maximum absolute atomic E-state index is 13.6. The van der Waals surface area contributed by atoms with E-state index in [2.05, 4.69) is 4.98 Å². The number of ether oxygens (including phenoxy) is 1. The highest BCUT2D eigenvalue weighted by Crippen LogP contribution is 2.52. The molecule has 1 aromatic carbocycles. The van der Waals surface area contributed by atoms with Crippen LogP contribution in [0.4, 0.5) is 4.39 Å². The van der Waals surface area contributed by atoms with Gasteiger partial charge in [0.15, 0.2) is 0 Å². The Kier molecular flexibility index (Phi) is 3.53. The van der Waals surface area contributed by atoms with Crippen molar-refractivity contribution >= 4 is 17.6 Å². The van der Waals surface area contributed by atoms with Crippen LogP contribution in [0.15, 0.2) is 35.1 Å². The molecular formula is C16H13ClFNO3. The Hall–Kier alpha value is -2.14. The van der Waals surface area contributed by atoms with E-state index in [-0.39, 0.29) is 10.6 Å².